The highest BCUT2D eigenvalue weighted by atomic mass is 35.5. The molecule has 1 amide bonds. The van der Waals surface area contributed by atoms with Gasteiger partial charge in [-0.05, 0) is 52.2 Å². The molecule has 8 heteroatoms. The largest absolute Gasteiger partial charge is 0.354 e. The number of hydrogen-bond acceptors (Lipinski definition) is 4. The number of carbonyl (C=O) groups excluding carboxylic acids is 1. The summed E-state index contributed by atoms with van der Waals surface area (Å²) in [5.74, 6) is -0.339. The summed E-state index contributed by atoms with van der Waals surface area (Å²) in [6.07, 6.45) is 1.87. The Balaban J connectivity index is 2.85. The number of sulfonamides is 1. The fraction of sp³-hybridized carbons (Fsp3) is 0.533. The molecule has 0 radical (unpaired) electrons. The Morgan fingerprint density at radius 3 is 2.52 bits per heavy atom. The van der Waals surface area contributed by atoms with Gasteiger partial charge in [0.1, 0.15) is 6.04 Å². The Kier molecular flexibility index (Phi) is 7.31. The molecule has 0 fully saturated rings. The summed E-state index contributed by atoms with van der Waals surface area (Å²) in [7, 11) is 0.289. The number of anilines is 1. The zero-order valence-corrected chi connectivity index (χ0v) is 15.5. The predicted octanol–water partition coefficient (Wildman–Crippen LogP) is 1.56. The number of nitrogens with zero attached hydrogens (tertiary/aromatic N) is 2. The number of amides is 1. The number of benzene rings is 1. The standard InChI is InChI=1S/C15H24ClN3O3S/c1-12(15(20)17-9-6-10-18(2)3)19(23(4,21)22)14-8-5-7-13(16)11-14/h5,7-8,11-12H,6,9-10H2,1-4H3,(H,17,20). The molecular weight excluding hydrogens is 338 g/mol. The monoisotopic (exact) mass is 361 g/mol. The van der Waals surface area contributed by atoms with Gasteiger partial charge in [-0.25, -0.2) is 8.42 Å². The lowest BCUT2D eigenvalue weighted by Crippen LogP contribution is -2.48. The third kappa shape index (κ3) is 6.37. The van der Waals surface area contributed by atoms with Gasteiger partial charge in [-0.15, -0.1) is 0 Å². The van der Waals surface area contributed by atoms with Crippen LogP contribution in [0.25, 0.3) is 0 Å². The van der Waals surface area contributed by atoms with E-state index in [0.29, 0.717) is 17.3 Å². The Labute approximate surface area is 143 Å². The van der Waals surface area contributed by atoms with Crippen LogP contribution in [0.3, 0.4) is 0 Å². The summed E-state index contributed by atoms with van der Waals surface area (Å²) >= 11 is 5.93. The maximum absolute atomic E-state index is 12.3. The minimum Gasteiger partial charge on any atom is -0.354 e. The van der Waals surface area contributed by atoms with Crippen LogP contribution in [0.15, 0.2) is 24.3 Å². The minimum absolute atomic E-state index is 0.339. The maximum atomic E-state index is 12.3. The first-order valence-corrected chi connectivity index (χ1v) is 9.53. The van der Waals surface area contributed by atoms with Crippen molar-refractivity contribution in [2.45, 2.75) is 19.4 Å². The van der Waals surface area contributed by atoms with Gasteiger partial charge in [-0.1, -0.05) is 17.7 Å². The SMILES string of the molecule is CC(C(=O)NCCCN(C)C)N(c1cccc(Cl)c1)S(C)(=O)=O. The molecule has 0 spiro atoms. The molecule has 130 valence electrons. The quantitative estimate of drug-likeness (QED) is 0.713. The molecule has 0 aromatic heterocycles. The average Bonchev–Trinajstić information content (AvgIpc) is 2.41. The molecule has 1 rings (SSSR count). The fourth-order valence-electron chi connectivity index (χ4n) is 2.18. The van der Waals surface area contributed by atoms with Crippen molar-refractivity contribution in [3.63, 3.8) is 0 Å². The van der Waals surface area contributed by atoms with E-state index in [1.165, 1.54) is 6.07 Å². The third-order valence-electron chi connectivity index (χ3n) is 3.23. The summed E-state index contributed by atoms with van der Waals surface area (Å²) in [6, 6.07) is 5.58. The highest BCUT2D eigenvalue weighted by Crippen LogP contribution is 2.24. The molecule has 0 saturated carbocycles. The topological polar surface area (TPSA) is 69.7 Å². The van der Waals surface area contributed by atoms with Crippen LogP contribution in [0.4, 0.5) is 5.69 Å². The normalized spacial score (nSPS) is 13.0. The van der Waals surface area contributed by atoms with Crippen molar-refractivity contribution in [2.75, 3.05) is 37.7 Å². The van der Waals surface area contributed by atoms with Crippen molar-refractivity contribution >= 4 is 33.2 Å². The number of carbonyl (C=O) groups is 1. The van der Waals surface area contributed by atoms with Crippen molar-refractivity contribution < 1.29 is 13.2 Å². The van der Waals surface area contributed by atoms with Crippen LogP contribution < -0.4 is 9.62 Å². The Hall–Kier alpha value is -1.31. The van der Waals surface area contributed by atoms with E-state index in [2.05, 4.69) is 5.32 Å². The molecule has 1 aromatic rings. The van der Waals surface area contributed by atoms with Crippen LogP contribution in [-0.4, -0.2) is 58.7 Å². The van der Waals surface area contributed by atoms with Crippen molar-refractivity contribution in [1.29, 1.82) is 0 Å². The first kappa shape index (κ1) is 19.7. The Bertz CT molecular complexity index is 635. The molecule has 1 aromatic carbocycles. The van der Waals surface area contributed by atoms with E-state index < -0.39 is 16.1 Å². The van der Waals surface area contributed by atoms with Gasteiger partial charge in [0.2, 0.25) is 15.9 Å². The molecule has 1 atom stereocenters. The van der Waals surface area contributed by atoms with E-state index in [-0.39, 0.29) is 5.91 Å². The van der Waals surface area contributed by atoms with Crippen molar-refractivity contribution in [1.82, 2.24) is 10.2 Å². The van der Waals surface area contributed by atoms with E-state index >= 15 is 0 Å². The van der Waals surface area contributed by atoms with Gasteiger partial charge in [-0.2, -0.15) is 0 Å². The van der Waals surface area contributed by atoms with Gasteiger partial charge in [0, 0.05) is 11.6 Å². The maximum Gasteiger partial charge on any atom is 0.243 e. The summed E-state index contributed by atoms with van der Waals surface area (Å²) in [5.41, 5.74) is 0.371. The summed E-state index contributed by atoms with van der Waals surface area (Å²) in [4.78, 5) is 14.3. The molecule has 6 nitrogen and oxygen atoms in total. The van der Waals surface area contributed by atoms with E-state index in [4.69, 9.17) is 11.6 Å². The molecule has 0 bridgehead atoms. The number of hydrogen-bond donors (Lipinski definition) is 1. The zero-order valence-electron chi connectivity index (χ0n) is 13.9. The lowest BCUT2D eigenvalue weighted by Gasteiger charge is -2.28. The van der Waals surface area contributed by atoms with Gasteiger partial charge in [0.25, 0.3) is 0 Å². The van der Waals surface area contributed by atoms with Crippen LogP contribution in [0.5, 0.6) is 0 Å². The third-order valence-corrected chi connectivity index (χ3v) is 4.71. The van der Waals surface area contributed by atoms with Crippen LogP contribution in [-0.2, 0) is 14.8 Å². The van der Waals surface area contributed by atoms with Gasteiger partial charge >= 0.3 is 0 Å². The van der Waals surface area contributed by atoms with Gasteiger partial charge < -0.3 is 10.2 Å². The van der Waals surface area contributed by atoms with Gasteiger partial charge in [0.15, 0.2) is 0 Å². The molecule has 0 aliphatic heterocycles. The minimum atomic E-state index is -3.62. The molecule has 0 aliphatic carbocycles. The zero-order chi connectivity index (χ0) is 17.6. The van der Waals surface area contributed by atoms with Gasteiger partial charge in [0.05, 0.1) is 11.9 Å². The van der Waals surface area contributed by atoms with Crippen LogP contribution in [0, 0.1) is 0 Å². The number of nitrogens with one attached hydrogen (secondary N) is 1. The predicted molar refractivity (Wildman–Crippen MR) is 94.4 cm³/mol. The summed E-state index contributed by atoms with van der Waals surface area (Å²) in [5, 5.41) is 3.18. The average molecular weight is 362 g/mol. The number of halogens is 1. The van der Waals surface area contributed by atoms with Crippen LogP contribution in [0.2, 0.25) is 5.02 Å². The van der Waals surface area contributed by atoms with Crippen LogP contribution in [0.1, 0.15) is 13.3 Å². The van der Waals surface area contributed by atoms with Gasteiger partial charge in [-0.3, -0.25) is 9.10 Å². The first-order valence-electron chi connectivity index (χ1n) is 7.30. The molecule has 23 heavy (non-hydrogen) atoms. The van der Waals surface area contributed by atoms with E-state index in [1.54, 1.807) is 25.1 Å². The van der Waals surface area contributed by atoms with E-state index in [1.807, 2.05) is 19.0 Å². The lowest BCUT2D eigenvalue weighted by atomic mass is 10.2. The summed E-state index contributed by atoms with van der Waals surface area (Å²) in [6.45, 7) is 2.90. The van der Waals surface area contributed by atoms with Crippen molar-refractivity contribution in [3.05, 3.63) is 29.3 Å². The molecule has 0 saturated heterocycles. The Morgan fingerprint density at radius 1 is 1.35 bits per heavy atom. The second kappa shape index (κ2) is 8.52. The molecule has 0 aliphatic rings. The fourth-order valence-corrected chi connectivity index (χ4v) is 3.53. The second-order valence-corrected chi connectivity index (χ2v) is 7.96. The summed E-state index contributed by atoms with van der Waals surface area (Å²) < 4.78 is 25.3. The Morgan fingerprint density at radius 2 is 2.00 bits per heavy atom. The van der Waals surface area contributed by atoms with E-state index in [9.17, 15) is 13.2 Å². The van der Waals surface area contributed by atoms with Crippen LogP contribution >= 0.6 is 11.6 Å². The molecule has 0 heterocycles. The van der Waals surface area contributed by atoms with Crippen molar-refractivity contribution in [3.8, 4) is 0 Å². The highest BCUT2D eigenvalue weighted by molar-refractivity contribution is 7.92. The molecule has 1 unspecified atom stereocenters. The molecule has 1 N–H and O–H groups in total. The van der Waals surface area contributed by atoms with E-state index in [0.717, 1.165) is 23.5 Å². The second-order valence-electron chi connectivity index (χ2n) is 5.66. The van der Waals surface area contributed by atoms with Crippen molar-refractivity contribution in [2.24, 2.45) is 0 Å². The smallest absolute Gasteiger partial charge is 0.243 e. The lowest BCUT2D eigenvalue weighted by molar-refractivity contribution is -0.121. The first-order chi connectivity index (χ1) is 10.6. The number of rotatable bonds is 8. The highest BCUT2D eigenvalue weighted by Gasteiger charge is 2.28. The molecular formula is C15H24ClN3O3S.